The van der Waals surface area contributed by atoms with Gasteiger partial charge in [0.25, 0.3) is 0 Å². The summed E-state index contributed by atoms with van der Waals surface area (Å²) in [5.41, 5.74) is 1.24. The second kappa shape index (κ2) is 10.5. The van der Waals surface area contributed by atoms with Crippen molar-refractivity contribution in [2.75, 3.05) is 13.1 Å². The van der Waals surface area contributed by atoms with Crippen LogP contribution >= 0.6 is 11.3 Å². The van der Waals surface area contributed by atoms with E-state index in [1.165, 1.54) is 55.6 Å². The SMILES string of the molecule is CCCCCCCCCNCCc1csc(C)n1. The molecule has 0 unspecified atom stereocenters. The molecule has 0 aromatic carbocycles. The molecule has 1 rings (SSSR count). The zero-order chi connectivity index (χ0) is 13.1. The Labute approximate surface area is 116 Å². The van der Waals surface area contributed by atoms with Crippen LogP contribution in [0.15, 0.2) is 5.38 Å². The van der Waals surface area contributed by atoms with Crippen LogP contribution in [0.3, 0.4) is 0 Å². The van der Waals surface area contributed by atoms with E-state index in [9.17, 15) is 0 Å². The van der Waals surface area contributed by atoms with E-state index < -0.39 is 0 Å². The minimum atomic E-state index is 1.07. The molecule has 18 heavy (non-hydrogen) atoms. The third-order valence-corrected chi connectivity index (χ3v) is 4.00. The predicted octanol–water partition coefficient (Wildman–Crippen LogP) is 4.33. The molecular formula is C15H28N2S. The summed E-state index contributed by atoms with van der Waals surface area (Å²) in [5, 5.41) is 6.86. The minimum absolute atomic E-state index is 1.07. The Morgan fingerprint density at radius 2 is 1.78 bits per heavy atom. The van der Waals surface area contributed by atoms with Gasteiger partial charge in [0.1, 0.15) is 0 Å². The maximum atomic E-state index is 4.46. The van der Waals surface area contributed by atoms with E-state index in [0.717, 1.165) is 19.5 Å². The Balaban J connectivity index is 1.81. The van der Waals surface area contributed by atoms with Gasteiger partial charge in [0, 0.05) is 18.3 Å². The van der Waals surface area contributed by atoms with Gasteiger partial charge in [0.15, 0.2) is 0 Å². The van der Waals surface area contributed by atoms with Crippen LogP contribution in [0.1, 0.15) is 62.6 Å². The van der Waals surface area contributed by atoms with E-state index in [2.05, 4.69) is 29.5 Å². The Kier molecular flexibility index (Phi) is 9.13. The predicted molar refractivity (Wildman–Crippen MR) is 81.4 cm³/mol. The third kappa shape index (κ3) is 7.83. The summed E-state index contributed by atoms with van der Waals surface area (Å²) < 4.78 is 0. The molecule has 0 radical (unpaired) electrons. The van der Waals surface area contributed by atoms with Gasteiger partial charge in [-0.15, -0.1) is 11.3 Å². The van der Waals surface area contributed by atoms with Crippen LogP contribution < -0.4 is 5.32 Å². The molecule has 104 valence electrons. The largest absolute Gasteiger partial charge is 0.316 e. The molecule has 2 nitrogen and oxygen atoms in total. The standard InChI is InChI=1S/C15H28N2S/c1-3-4-5-6-7-8-9-11-16-12-10-15-13-18-14(2)17-15/h13,16H,3-12H2,1-2H3. The quantitative estimate of drug-likeness (QED) is 0.604. The molecule has 0 fully saturated rings. The molecule has 0 aliphatic carbocycles. The monoisotopic (exact) mass is 268 g/mol. The van der Waals surface area contributed by atoms with Crippen LogP contribution in [0.5, 0.6) is 0 Å². The molecule has 0 atom stereocenters. The summed E-state index contributed by atoms with van der Waals surface area (Å²) in [6.07, 6.45) is 10.8. The van der Waals surface area contributed by atoms with Gasteiger partial charge in [-0.1, -0.05) is 45.4 Å². The fraction of sp³-hybridized carbons (Fsp3) is 0.800. The highest BCUT2D eigenvalue weighted by Gasteiger charge is 1.97. The average molecular weight is 268 g/mol. The van der Waals surface area contributed by atoms with Crippen LogP contribution in [0.2, 0.25) is 0 Å². The van der Waals surface area contributed by atoms with E-state index in [4.69, 9.17) is 0 Å². The molecule has 0 bridgehead atoms. The molecule has 0 spiro atoms. The molecule has 0 aliphatic rings. The lowest BCUT2D eigenvalue weighted by Crippen LogP contribution is -2.18. The lowest BCUT2D eigenvalue weighted by atomic mass is 10.1. The molecule has 1 aromatic heterocycles. The fourth-order valence-electron chi connectivity index (χ4n) is 2.07. The fourth-order valence-corrected chi connectivity index (χ4v) is 2.72. The zero-order valence-corrected chi connectivity index (χ0v) is 12.8. The van der Waals surface area contributed by atoms with Gasteiger partial charge in [0.2, 0.25) is 0 Å². The Morgan fingerprint density at radius 3 is 2.44 bits per heavy atom. The molecule has 0 amide bonds. The molecule has 3 heteroatoms. The van der Waals surface area contributed by atoms with E-state index in [-0.39, 0.29) is 0 Å². The van der Waals surface area contributed by atoms with Crippen molar-refractivity contribution >= 4 is 11.3 Å². The summed E-state index contributed by atoms with van der Waals surface area (Å²) >= 11 is 1.75. The van der Waals surface area contributed by atoms with E-state index in [1.54, 1.807) is 11.3 Å². The summed E-state index contributed by atoms with van der Waals surface area (Å²) in [6.45, 7) is 6.57. The van der Waals surface area contributed by atoms with Crippen LogP contribution in [-0.4, -0.2) is 18.1 Å². The van der Waals surface area contributed by atoms with Crippen molar-refractivity contribution in [1.82, 2.24) is 10.3 Å². The van der Waals surface area contributed by atoms with Gasteiger partial charge in [-0.25, -0.2) is 4.98 Å². The first-order chi connectivity index (χ1) is 8.83. The first-order valence-electron chi connectivity index (χ1n) is 7.44. The minimum Gasteiger partial charge on any atom is -0.316 e. The summed E-state index contributed by atoms with van der Waals surface area (Å²) in [6, 6.07) is 0. The van der Waals surface area contributed by atoms with Crippen LogP contribution in [0.25, 0.3) is 0 Å². The molecule has 1 N–H and O–H groups in total. The highest BCUT2D eigenvalue weighted by atomic mass is 32.1. The van der Waals surface area contributed by atoms with Crippen molar-refractivity contribution < 1.29 is 0 Å². The normalized spacial score (nSPS) is 11.0. The van der Waals surface area contributed by atoms with Gasteiger partial charge >= 0.3 is 0 Å². The smallest absolute Gasteiger partial charge is 0.0897 e. The molecular weight excluding hydrogens is 240 g/mol. The maximum absolute atomic E-state index is 4.46. The number of aromatic nitrogens is 1. The number of unbranched alkanes of at least 4 members (excludes halogenated alkanes) is 6. The van der Waals surface area contributed by atoms with Crippen LogP contribution in [0, 0.1) is 6.92 Å². The second-order valence-electron chi connectivity index (χ2n) is 4.98. The van der Waals surface area contributed by atoms with Crippen molar-refractivity contribution in [3.05, 3.63) is 16.1 Å². The van der Waals surface area contributed by atoms with E-state index in [0.29, 0.717) is 0 Å². The number of rotatable bonds is 11. The topological polar surface area (TPSA) is 24.9 Å². The highest BCUT2D eigenvalue weighted by Crippen LogP contribution is 2.08. The third-order valence-electron chi connectivity index (χ3n) is 3.18. The lowest BCUT2D eigenvalue weighted by Gasteiger charge is -2.03. The summed E-state index contributed by atoms with van der Waals surface area (Å²) in [5.74, 6) is 0. The van der Waals surface area contributed by atoms with Crippen molar-refractivity contribution in [3.63, 3.8) is 0 Å². The zero-order valence-electron chi connectivity index (χ0n) is 12.0. The number of thiazole rings is 1. The highest BCUT2D eigenvalue weighted by molar-refractivity contribution is 7.09. The van der Waals surface area contributed by atoms with Gasteiger partial charge < -0.3 is 5.32 Å². The summed E-state index contributed by atoms with van der Waals surface area (Å²) in [7, 11) is 0. The molecule has 1 heterocycles. The Bertz CT molecular complexity index is 296. The van der Waals surface area contributed by atoms with Crippen LogP contribution in [0.4, 0.5) is 0 Å². The number of aryl methyl sites for hydroxylation is 1. The molecule has 1 aromatic rings. The van der Waals surface area contributed by atoms with Gasteiger partial charge in [-0.2, -0.15) is 0 Å². The average Bonchev–Trinajstić information content (AvgIpc) is 2.77. The number of hydrogen-bond donors (Lipinski definition) is 1. The second-order valence-corrected chi connectivity index (χ2v) is 6.04. The maximum Gasteiger partial charge on any atom is 0.0897 e. The van der Waals surface area contributed by atoms with Crippen molar-refractivity contribution in [2.45, 2.75) is 65.2 Å². The number of hydrogen-bond acceptors (Lipinski definition) is 3. The van der Waals surface area contributed by atoms with Gasteiger partial charge in [-0.3, -0.25) is 0 Å². The number of nitrogens with one attached hydrogen (secondary N) is 1. The molecule has 0 saturated carbocycles. The Morgan fingerprint density at radius 1 is 1.06 bits per heavy atom. The summed E-state index contributed by atoms with van der Waals surface area (Å²) in [4.78, 5) is 4.46. The van der Waals surface area contributed by atoms with E-state index in [1.807, 2.05) is 0 Å². The van der Waals surface area contributed by atoms with Crippen LogP contribution in [-0.2, 0) is 6.42 Å². The Hall–Kier alpha value is -0.410. The van der Waals surface area contributed by atoms with Crippen molar-refractivity contribution in [1.29, 1.82) is 0 Å². The molecule has 0 aliphatic heterocycles. The molecule has 0 saturated heterocycles. The van der Waals surface area contributed by atoms with Crippen molar-refractivity contribution in [3.8, 4) is 0 Å². The van der Waals surface area contributed by atoms with Gasteiger partial charge in [0.05, 0.1) is 10.7 Å². The first-order valence-corrected chi connectivity index (χ1v) is 8.32. The van der Waals surface area contributed by atoms with E-state index >= 15 is 0 Å². The van der Waals surface area contributed by atoms with Crippen molar-refractivity contribution in [2.24, 2.45) is 0 Å². The van der Waals surface area contributed by atoms with Gasteiger partial charge in [-0.05, 0) is 19.9 Å². The lowest BCUT2D eigenvalue weighted by molar-refractivity contribution is 0.563. The first kappa shape index (κ1) is 15.6. The number of nitrogens with zero attached hydrogens (tertiary/aromatic N) is 1.